The highest BCUT2D eigenvalue weighted by Gasteiger charge is 2.26. The van der Waals surface area contributed by atoms with E-state index < -0.39 is 0 Å². The Morgan fingerprint density at radius 1 is 1.00 bits per heavy atom. The predicted octanol–water partition coefficient (Wildman–Crippen LogP) is -0.395. The maximum Gasteiger partial charge on any atom is 0.0378 e. The molecule has 2 rings (SSSR count). The smallest absolute Gasteiger partial charge is 0.0378 e. The van der Waals surface area contributed by atoms with Gasteiger partial charge in [-0.1, -0.05) is 0 Å². The molecule has 0 aromatic heterocycles. The van der Waals surface area contributed by atoms with Crippen LogP contribution in [0.1, 0.15) is 19.3 Å². The van der Waals surface area contributed by atoms with Gasteiger partial charge in [0.05, 0.1) is 0 Å². The van der Waals surface area contributed by atoms with Gasteiger partial charge in [0.25, 0.3) is 0 Å². The van der Waals surface area contributed by atoms with Gasteiger partial charge in [0.15, 0.2) is 0 Å². The number of nitrogens with one attached hydrogen (secondary N) is 3. The molecule has 2 saturated heterocycles. The molecule has 2 fully saturated rings. The van der Waals surface area contributed by atoms with E-state index in [4.69, 9.17) is 0 Å². The molecule has 10 heavy (non-hydrogen) atoms. The first-order valence-corrected chi connectivity index (χ1v) is 4.18. The molecular weight excluding hydrogens is 126 g/mol. The molecule has 2 aliphatic rings. The van der Waals surface area contributed by atoms with Crippen LogP contribution in [-0.4, -0.2) is 25.2 Å². The van der Waals surface area contributed by atoms with Gasteiger partial charge in [0, 0.05) is 18.6 Å². The lowest BCUT2D eigenvalue weighted by atomic mass is 10.1. The summed E-state index contributed by atoms with van der Waals surface area (Å²) in [6, 6.07) is 1.41. The monoisotopic (exact) mass is 141 g/mol. The van der Waals surface area contributed by atoms with Crippen molar-refractivity contribution in [1.29, 1.82) is 0 Å². The Morgan fingerprint density at radius 3 is 2.60 bits per heavy atom. The molecule has 2 atom stereocenters. The summed E-state index contributed by atoms with van der Waals surface area (Å²) in [4.78, 5) is 0. The lowest BCUT2D eigenvalue weighted by molar-refractivity contribution is 0.430. The van der Waals surface area contributed by atoms with Gasteiger partial charge in [-0.3, -0.25) is 10.9 Å². The zero-order valence-corrected chi connectivity index (χ0v) is 6.19. The molecule has 3 N–H and O–H groups in total. The van der Waals surface area contributed by atoms with Crippen LogP contribution in [0.15, 0.2) is 0 Å². The Morgan fingerprint density at radius 2 is 2.00 bits per heavy atom. The molecule has 3 nitrogen and oxygen atoms in total. The van der Waals surface area contributed by atoms with Gasteiger partial charge in [-0.15, -0.1) is 0 Å². The fourth-order valence-corrected chi connectivity index (χ4v) is 1.86. The van der Waals surface area contributed by atoms with E-state index in [0.29, 0.717) is 6.04 Å². The van der Waals surface area contributed by atoms with Crippen molar-refractivity contribution in [3.8, 4) is 0 Å². The van der Waals surface area contributed by atoms with E-state index in [1.807, 2.05) is 0 Å². The zero-order valence-electron chi connectivity index (χ0n) is 6.19. The second-order valence-corrected chi connectivity index (χ2v) is 3.17. The summed E-state index contributed by atoms with van der Waals surface area (Å²) < 4.78 is 0. The van der Waals surface area contributed by atoms with Gasteiger partial charge < -0.3 is 5.32 Å². The van der Waals surface area contributed by atoms with Gasteiger partial charge in [-0.25, -0.2) is 0 Å². The molecule has 2 unspecified atom stereocenters. The third-order valence-corrected chi connectivity index (χ3v) is 2.45. The van der Waals surface area contributed by atoms with E-state index in [9.17, 15) is 0 Å². The summed E-state index contributed by atoms with van der Waals surface area (Å²) in [6.07, 6.45) is 3.97. The Bertz CT molecular complexity index is 89.4. The van der Waals surface area contributed by atoms with Crippen molar-refractivity contribution in [2.45, 2.75) is 31.3 Å². The van der Waals surface area contributed by atoms with E-state index in [1.54, 1.807) is 0 Å². The summed E-state index contributed by atoms with van der Waals surface area (Å²) >= 11 is 0. The number of hydrogen-bond donors (Lipinski definition) is 3. The van der Waals surface area contributed by atoms with Gasteiger partial charge in [-0.2, -0.15) is 0 Å². The summed E-state index contributed by atoms with van der Waals surface area (Å²) in [6.45, 7) is 2.34. The van der Waals surface area contributed by atoms with Crippen LogP contribution in [-0.2, 0) is 0 Å². The van der Waals surface area contributed by atoms with E-state index in [1.165, 1.54) is 25.8 Å². The lowest BCUT2D eigenvalue weighted by Crippen LogP contribution is -2.43. The van der Waals surface area contributed by atoms with E-state index >= 15 is 0 Å². The lowest BCUT2D eigenvalue weighted by Gasteiger charge is -2.17. The number of hydrazine groups is 1. The molecular formula is C7H15N3. The second kappa shape index (κ2) is 2.86. The summed E-state index contributed by atoms with van der Waals surface area (Å²) in [5.74, 6) is 0. The fraction of sp³-hybridized carbons (Fsp3) is 1.00. The third kappa shape index (κ3) is 1.17. The molecule has 0 radical (unpaired) electrons. The van der Waals surface area contributed by atoms with Crippen molar-refractivity contribution in [1.82, 2.24) is 16.2 Å². The molecule has 0 aliphatic carbocycles. The third-order valence-electron chi connectivity index (χ3n) is 2.45. The molecule has 0 aromatic rings. The van der Waals surface area contributed by atoms with Gasteiger partial charge in [0.2, 0.25) is 0 Å². The van der Waals surface area contributed by atoms with Crippen LogP contribution >= 0.6 is 0 Å². The minimum Gasteiger partial charge on any atom is -0.312 e. The van der Waals surface area contributed by atoms with Crippen LogP contribution < -0.4 is 16.2 Å². The van der Waals surface area contributed by atoms with E-state index in [-0.39, 0.29) is 0 Å². The Balaban J connectivity index is 1.85. The van der Waals surface area contributed by atoms with Crippen molar-refractivity contribution < 1.29 is 0 Å². The highest BCUT2D eigenvalue weighted by molar-refractivity contribution is 4.88. The summed E-state index contributed by atoms with van der Waals surface area (Å²) in [7, 11) is 0. The Kier molecular flexibility index (Phi) is 1.88. The van der Waals surface area contributed by atoms with Crippen molar-refractivity contribution in [2.24, 2.45) is 0 Å². The molecule has 2 heterocycles. The molecule has 3 heteroatoms. The van der Waals surface area contributed by atoms with Crippen LogP contribution in [0.4, 0.5) is 0 Å². The standard InChI is InChI=1S/C7H15N3/c1-2-6(8-4-1)7-3-5-9-10-7/h6-10H,1-5H2. The normalized spacial score (nSPS) is 40.8. The molecule has 0 amide bonds. The Labute approximate surface area is 61.5 Å². The topological polar surface area (TPSA) is 36.1 Å². The first-order valence-electron chi connectivity index (χ1n) is 4.18. The van der Waals surface area contributed by atoms with E-state index in [0.717, 1.165) is 12.6 Å². The number of hydrogen-bond acceptors (Lipinski definition) is 3. The highest BCUT2D eigenvalue weighted by atomic mass is 15.4. The quantitative estimate of drug-likeness (QED) is 0.465. The van der Waals surface area contributed by atoms with Crippen molar-refractivity contribution in [3.63, 3.8) is 0 Å². The molecule has 2 aliphatic heterocycles. The van der Waals surface area contributed by atoms with Crippen molar-refractivity contribution in [3.05, 3.63) is 0 Å². The first kappa shape index (κ1) is 6.58. The zero-order chi connectivity index (χ0) is 6.81. The largest absolute Gasteiger partial charge is 0.312 e. The average molecular weight is 141 g/mol. The Hall–Kier alpha value is -0.120. The minimum atomic E-state index is 0.683. The predicted molar refractivity (Wildman–Crippen MR) is 40.6 cm³/mol. The maximum absolute atomic E-state index is 3.50. The van der Waals surface area contributed by atoms with Crippen LogP contribution in [0.2, 0.25) is 0 Å². The van der Waals surface area contributed by atoms with Crippen molar-refractivity contribution in [2.75, 3.05) is 13.1 Å². The van der Waals surface area contributed by atoms with Gasteiger partial charge in [-0.05, 0) is 25.8 Å². The molecule has 0 aromatic carbocycles. The van der Waals surface area contributed by atoms with Crippen LogP contribution in [0, 0.1) is 0 Å². The van der Waals surface area contributed by atoms with Crippen LogP contribution in [0.5, 0.6) is 0 Å². The SMILES string of the molecule is C1CNC(C2CCNN2)C1. The molecule has 0 bridgehead atoms. The van der Waals surface area contributed by atoms with Crippen LogP contribution in [0.25, 0.3) is 0 Å². The summed E-state index contributed by atoms with van der Waals surface area (Å²) in [5, 5.41) is 3.50. The van der Waals surface area contributed by atoms with Crippen LogP contribution in [0.3, 0.4) is 0 Å². The molecule has 0 spiro atoms. The second-order valence-electron chi connectivity index (χ2n) is 3.17. The fourth-order valence-electron chi connectivity index (χ4n) is 1.86. The highest BCUT2D eigenvalue weighted by Crippen LogP contribution is 2.12. The first-order chi connectivity index (χ1) is 4.97. The molecule has 0 saturated carbocycles. The average Bonchev–Trinajstić information content (AvgIpc) is 2.59. The van der Waals surface area contributed by atoms with E-state index in [2.05, 4.69) is 16.2 Å². The van der Waals surface area contributed by atoms with Gasteiger partial charge >= 0.3 is 0 Å². The number of rotatable bonds is 1. The van der Waals surface area contributed by atoms with Gasteiger partial charge in [0.1, 0.15) is 0 Å². The molecule has 58 valence electrons. The van der Waals surface area contributed by atoms with Crippen molar-refractivity contribution >= 4 is 0 Å². The summed E-state index contributed by atoms with van der Waals surface area (Å²) in [5.41, 5.74) is 6.45. The minimum absolute atomic E-state index is 0.683. The maximum atomic E-state index is 3.50.